The van der Waals surface area contributed by atoms with Gasteiger partial charge in [0.2, 0.25) is 0 Å². The quantitative estimate of drug-likeness (QED) is 0.894. The molecule has 0 unspecified atom stereocenters. The van der Waals surface area contributed by atoms with Crippen LogP contribution in [0.1, 0.15) is 25.1 Å². The van der Waals surface area contributed by atoms with E-state index in [0.29, 0.717) is 23.6 Å². The van der Waals surface area contributed by atoms with Crippen molar-refractivity contribution in [3.63, 3.8) is 0 Å². The topological polar surface area (TPSA) is 51.6 Å². The predicted molar refractivity (Wildman–Crippen MR) is 72.6 cm³/mol. The fourth-order valence-electron chi connectivity index (χ4n) is 1.64. The predicted octanol–water partition coefficient (Wildman–Crippen LogP) is 3.33. The Bertz CT molecular complexity index is 508. The molecule has 2 aromatic rings. The molecule has 0 amide bonds. The molecule has 1 aromatic heterocycles. The van der Waals surface area contributed by atoms with Crippen LogP contribution in [0.25, 0.3) is 0 Å². The number of aliphatic hydroxyl groups excluding tert-OH is 1. The van der Waals surface area contributed by atoms with E-state index in [1.54, 1.807) is 25.4 Å². The van der Waals surface area contributed by atoms with E-state index in [1.165, 1.54) is 0 Å². The van der Waals surface area contributed by atoms with Gasteiger partial charge in [-0.1, -0.05) is 6.92 Å². The van der Waals surface area contributed by atoms with Gasteiger partial charge in [-0.25, -0.2) is 0 Å². The van der Waals surface area contributed by atoms with E-state index in [4.69, 9.17) is 9.47 Å². The third-order valence-corrected chi connectivity index (χ3v) is 2.78. The SMILES string of the molecule is CC[C@H](O)c1ccc(Oc2ccc(OC)cc2)cn1. The Hall–Kier alpha value is -2.07. The van der Waals surface area contributed by atoms with Gasteiger partial charge in [0.25, 0.3) is 0 Å². The highest BCUT2D eigenvalue weighted by molar-refractivity contribution is 5.34. The lowest BCUT2D eigenvalue weighted by Crippen LogP contribution is -1.98. The zero-order chi connectivity index (χ0) is 13.7. The molecule has 0 saturated heterocycles. The van der Waals surface area contributed by atoms with Gasteiger partial charge in [-0.3, -0.25) is 4.98 Å². The smallest absolute Gasteiger partial charge is 0.145 e. The molecule has 0 saturated carbocycles. The molecular formula is C15H17NO3. The molecule has 4 nitrogen and oxygen atoms in total. The molecule has 0 aliphatic heterocycles. The number of aromatic nitrogens is 1. The molecule has 0 fully saturated rings. The fraction of sp³-hybridized carbons (Fsp3) is 0.267. The molecule has 4 heteroatoms. The highest BCUT2D eigenvalue weighted by Gasteiger charge is 2.06. The van der Waals surface area contributed by atoms with Crippen LogP contribution in [0, 0.1) is 0 Å². The van der Waals surface area contributed by atoms with Gasteiger partial charge in [0.05, 0.1) is 25.1 Å². The summed E-state index contributed by atoms with van der Waals surface area (Å²) in [7, 11) is 1.62. The number of benzene rings is 1. The highest BCUT2D eigenvalue weighted by Crippen LogP contribution is 2.24. The molecule has 19 heavy (non-hydrogen) atoms. The van der Waals surface area contributed by atoms with Crippen LogP contribution in [0.15, 0.2) is 42.6 Å². The van der Waals surface area contributed by atoms with Crippen molar-refractivity contribution < 1.29 is 14.6 Å². The summed E-state index contributed by atoms with van der Waals surface area (Å²) < 4.78 is 10.7. The van der Waals surface area contributed by atoms with Crippen LogP contribution in [-0.4, -0.2) is 17.2 Å². The van der Waals surface area contributed by atoms with Crippen LogP contribution < -0.4 is 9.47 Å². The average molecular weight is 259 g/mol. The Morgan fingerprint density at radius 2 is 1.68 bits per heavy atom. The van der Waals surface area contributed by atoms with E-state index in [2.05, 4.69) is 4.98 Å². The van der Waals surface area contributed by atoms with Crippen LogP contribution >= 0.6 is 0 Å². The highest BCUT2D eigenvalue weighted by atomic mass is 16.5. The summed E-state index contributed by atoms with van der Waals surface area (Å²) in [4.78, 5) is 4.18. The van der Waals surface area contributed by atoms with E-state index >= 15 is 0 Å². The van der Waals surface area contributed by atoms with Gasteiger partial charge < -0.3 is 14.6 Å². The molecule has 1 atom stereocenters. The summed E-state index contributed by atoms with van der Waals surface area (Å²) in [5.41, 5.74) is 0.657. The Morgan fingerprint density at radius 3 is 2.21 bits per heavy atom. The maximum absolute atomic E-state index is 9.65. The van der Waals surface area contributed by atoms with E-state index in [1.807, 2.05) is 31.2 Å². The Morgan fingerprint density at radius 1 is 1.05 bits per heavy atom. The molecule has 1 aromatic carbocycles. The lowest BCUT2D eigenvalue weighted by atomic mass is 10.2. The minimum absolute atomic E-state index is 0.518. The molecule has 0 aliphatic rings. The summed E-state index contributed by atoms with van der Waals surface area (Å²) in [6.07, 6.45) is 1.74. The molecular weight excluding hydrogens is 242 g/mol. The van der Waals surface area contributed by atoms with Crippen LogP contribution in [0.4, 0.5) is 0 Å². The fourth-order valence-corrected chi connectivity index (χ4v) is 1.64. The van der Waals surface area contributed by atoms with Gasteiger partial charge in [-0.05, 0) is 42.8 Å². The lowest BCUT2D eigenvalue weighted by Gasteiger charge is -2.09. The summed E-state index contributed by atoms with van der Waals surface area (Å²) in [6.45, 7) is 1.91. The minimum atomic E-state index is -0.518. The zero-order valence-corrected chi connectivity index (χ0v) is 11.0. The van der Waals surface area contributed by atoms with Gasteiger partial charge in [-0.15, -0.1) is 0 Å². The third kappa shape index (κ3) is 3.45. The van der Waals surface area contributed by atoms with Gasteiger partial charge >= 0.3 is 0 Å². The summed E-state index contributed by atoms with van der Waals surface area (Å²) in [5.74, 6) is 2.13. The number of pyridine rings is 1. The first-order valence-corrected chi connectivity index (χ1v) is 6.19. The standard InChI is InChI=1S/C15H17NO3/c1-3-15(17)14-9-8-13(10-16-14)19-12-6-4-11(18-2)5-7-12/h4-10,15,17H,3H2,1-2H3/t15-/m0/s1. The van der Waals surface area contributed by atoms with Crippen LogP contribution in [0.3, 0.4) is 0 Å². The Kier molecular flexibility index (Phi) is 4.36. The largest absolute Gasteiger partial charge is 0.497 e. The average Bonchev–Trinajstić information content (AvgIpc) is 2.48. The van der Waals surface area contributed by atoms with E-state index in [9.17, 15) is 5.11 Å². The van der Waals surface area contributed by atoms with Gasteiger partial charge in [0.15, 0.2) is 0 Å². The number of aliphatic hydroxyl groups is 1. The molecule has 100 valence electrons. The number of rotatable bonds is 5. The molecule has 1 heterocycles. The Labute approximate surface area is 112 Å². The normalized spacial score (nSPS) is 11.9. The van der Waals surface area contributed by atoms with Crippen molar-refractivity contribution in [1.82, 2.24) is 4.98 Å². The lowest BCUT2D eigenvalue weighted by molar-refractivity contribution is 0.169. The number of hydrogen-bond acceptors (Lipinski definition) is 4. The number of nitrogens with zero attached hydrogens (tertiary/aromatic N) is 1. The van der Waals surface area contributed by atoms with E-state index in [0.717, 1.165) is 5.75 Å². The monoisotopic (exact) mass is 259 g/mol. The number of ether oxygens (including phenoxy) is 2. The summed E-state index contributed by atoms with van der Waals surface area (Å²) in [5, 5.41) is 9.65. The molecule has 0 bridgehead atoms. The first-order valence-electron chi connectivity index (χ1n) is 6.19. The van der Waals surface area contributed by atoms with Crippen LogP contribution in [-0.2, 0) is 0 Å². The minimum Gasteiger partial charge on any atom is -0.497 e. The first kappa shape index (κ1) is 13.4. The maximum Gasteiger partial charge on any atom is 0.145 e. The molecule has 0 radical (unpaired) electrons. The molecule has 2 rings (SSSR count). The summed E-state index contributed by atoms with van der Waals surface area (Å²) in [6, 6.07) is 10.9. The second-order valence-electron chi connectivity index (χ2n) is 4.12. The van der Waals surface area contributed by atoms with E-state index < -0.39 is 6.10 Å². The van der Waals surface area contributed by atoms with Crippen LogP contribution in [0.5, 0.6) is 17.2 Å². The molecule has 0 aliphatic carbocycles. The van der Waals surface area contributed by atoms with Crippen molar-refractivity contribution >= 4 is 0 Å². The van der Waals surface area contributed by atoms with Crippen molar-refractivity contribution in [2.24, 2.45) is 0 Å². The maximum atomic E-state index is 9.65. The van der Waals surface area contributed by atoms with E-state index in [-0.39, 0.29) is 0 Å². The Balaban J connectivity index is 2.06. The van der Waals surface area contributed by atoms with Crippen molar-refractivity contribution in [2.75, 3.05) is 7.11 Å². The second kappa shape index (κ2) is 6.20. The van der Waals surface area contributed by atoms with Crippen molar-refractivity contribution in [3.05, 3.63) is 48.3 Å². The second-order valence-corrected chi connectivity index (χ2v) is 4.12. The zero-order valence-electron chi connectivity index (χ0n) is 11.0. The van der Waals surface area contributed by atoms with Crippen LogP contribution in [0.2, 0.25) is 0 Å². The first-order chi connectivity index (χ1) is 9.22. The van der Waals surface area contributed by atoms with Gasteiger partial charge in [0.1, 0.15) is 17.2 Å². The molecule has 1 N–H and O–H groups in total. The third-order valence-electron chi connectivity index (χ3n) is 2.78. The number of methoxy groups -OCH3 is 1. The van der Waals surface area contributed by atoms with Crippen molar-refractivity contribution in [2.45, 2.75) is 19.4 Å². The van der Waals surface area contributed by atoms with Crippen molar-refractivity contribution in [3.8, 4) is 17.2 Å². The number of hydrogen-bond donors (Lipinski definition) is 1. The molecule has 0 spiro atoms. The van der Waals surface area contributed by atoms with Crippen molar-refractivity contribution in [1.29, 1.82) is 0 Å². The van der Waals surface area contributed by atoms with Gasteiger partial charge in [0, 0.05) is 0 Å². The summed E-state index contributed by atoms with van der Waals surface area (Å²) >= 11 is 0. The van der Waals surface area contributed by atoms with Gasteiger partial charge in [-0.2, -0.15) is 0 Å².